The topological polar surface area (TPSA) is 26.0 Å². The fourth-order valence-corrected chi connectivity index (χ4v) is 1.99. The van der Waals surface area contributed by atoms with Crippen LogP contribution in [-0.4, -0.2) is 5.54 Å². The molecule has 0 heterocycles. The van der Waals surface area contributed by atoms with E-state index in [1.165, 1.54) is 37.7 Å². The van der Waals surface area contributed by atoms with Crippen molar-refractivity contribution in [1.82, 2.24) is 0 Å². The molecule has 15 heavy (non-hydrogen) atoms. The third kappa shape index (κ3) is 4.21. The number of hydrogen-bond donors (Lipinski definition) is 1. The highest BCUT2D eigenvalue weighted by atomic mass is 14.7. The Bertz CT molecular complexity index is 240. The minimum Gasteiger partial charge on any atom is -0.322 e. The minimum absolute atomic E-state index is 0.0499. The second kappa shape index (κ2) is 6.12. The number of rotatable bonds is 6. The number of hydrogen-bond acceptors (Lipinski definition) is 1. The summed E-state index contributed by atoms with van der Waals surface area (Å²) in [6.45, 7) is 4.46. The van der Waals surface area contributed by atoms with E-state index in [-0.39, 0.29) is 5.54 Å². The molecule has 0 aromatic rings. The summed E-state index contributed by atoms with van der Waals surface area (Å²) in [4.78, 5) is 0. The molecule has 0 aliphatic heterocycles. The van der Waals surface area contributed by atoms with Gasteiger partial charge in [-0.15, -0.1) is 0 Å². The quantitative estimate of drug-likeness (QED) is 0.701. The van der Waals surface area contributed by atoms with E-state index in [1.54, 1.807) is 0 Å². The molecule has 0 saturated heterocycles. The van der Waals surface area contributed by atoms with Gasteiger partial charge in [0.05, 0.1) is 0 Å². The zero-order chi connectivity index (χ0) is 11.1. The SMILES string of the molecule is CCCCC1=CCC(N)(CCCC)C=C1. The van der Waals surface area contributed by atoms with Gasteiger partial charge in [0.15, 0.2) is 0 Å². The van der Waals surface area contributed by atoms with Crippen LogP contribution < -0.4 is 5.73 Å². The van der Waals surface area contributed by atoms with E-state index in [1.807, 2.05) is 0 Å². The standard InChI is InChI=1S/C14H25N/c1-3-5-7-13-8-11-14(15,12-9-13)10-6-4-2/h8-9,11H,3-7,10,12,15H2,1-2H3. The van der Waals surface area contributed by atoms with Crippen LogP contribution in [0.5, 0.6) is 0 Å². The second-order valence-electron chi connectivity index (χ2n) is 4.76. The first-order valence-corrected chi connectivity index (χ1v) is 6.37. The summed E-state index contributed by atoms with van der Waals surface area (Å²) in [6, 6.07) is 0. The molecule has 0 amide bonds. The van der Waals surface area contributed by atoms with Crippen LogP contribution in [0.15, 0.2) is 23.8 Å². The van der Waals surface area contributed by atoms with Gasteiger partial charge in [-0.1, -0.05) is 56.9 Å². The summed E-state index contributed by atoms with van der Waals surface area (Å²) >= 11 is 0. The van der Waals surface area contributed by atoms with E-state index in [2.05, 4.69) is 32.1 Å². The van der Waals surface area contributed by atoms with Gasteiger partial charge < -0.3 is 5.73 Å². The van der Waals surface area contributed by atoms with E-state index in [9.17, 15) is 0 Å². The van der Waals surface area contributed by atoms with Crippen LogP contribution in [-0.2, 0) is 0 Å². The summed E-state index contributed by atoms with van der Waals surface area (Å²) in [5, 5.41) is 0. The first-order chi connectivity index (χ1) is 7.20. The minimum atomic E-state index is -0.0499. The predicted molar refractivity (Wildman–Crippen MR) is 67.8 cm³/mol. The smallest absolute Gasteiger partial charge is 0.0377 e. The largest absolute Gasteiger partial charge is 0.322 e. The summed E-state index contributed by atoms with van der Waals surface area (Å²) in [5.41, 5.74) is 7.74. The molecule has 0 radical (unpaired) electrons. The highest BCUT2D eigenvalue weighted by Gasteiger charge is 2.21. The highest BCUT2D eigenvalue weighted by Crippen LogP contribution is 2.25. The molecule has 0 fully saturated rings. The van der Waals surface area contributed by atoms with Crippen molar-refractivity contribution in [2.75, 3.05) is 0 Å². The van der Waals surface area contributed by atoms with Gasteiger partial charge in [0.1, 0.15) is 0 Å². The van der Waals surface area contributed by atoms with Crippen LogP contribution in [0, 0.1) is 0 Å². The van der Waals surface area contributed by atoms with Crippen molar-refractivity contribution in [3.8, 4) is 0 Å². The van der Waals surface area contributed by atoms with Crippen molar-refractivity contribution in [1.29, 1.82) is 0 Å². The van der Waals surface area contributed by atoms with Gasteiger partial charge in [-0.05, 0) is 25.7 Å². The molecule has 1 heteroatoms. The maximum atomic E-state index is 6.30. The third-order valence-electron chi connectivity index (χ3n) is 3.19. The Morgan fingerprint density at radius 3 is 2.53 bits per heavy atom. The molecule has 0 bridgehead atoms. The van der Waals surface area contributed by atoms with Crippen molar-refractivity contribution < 1.29 is 0 Å². The maximum absolute atomic E-state index is 6.30. The molecule has 0 spiro atoms. The average molecular weight is 207 g/mol. The molecular weight excluding hydrogens is 182 g/mol. The summed E-state index contributed by atoms with van der Waals surface area (Å²) in [6.07, 6.45) is 15.2. The van der Waals surface area contributed by atoms with Crippen LogP contribution in [0.2, 0.25) is 0 Å². The van der Waals surface area contributed by atoms with E-state index in [4.69, 9.17) is 5.73 Å². The van der Waals surface area contributed by atoms with Gasteiger partial charge in [0, 0.05) is 5.54 Å². The third-order valence-corrected chi connectivity index (χ3v) is 3.19. The Morgan fingerprint density at radius 1 is 1.27 bits per heavy atom. The summed E-state index contributed by atoms with van der Waals surface area (Å²) in [7, 11) is 0. The lowest BCUT2D eigenvalue weighted by Gasteiger charge is -2.28. The lowest BCUT2D eigenvalue weighted by atomic mass is 9.84. The van der Waals surface area contributed by atoms with Crippen LogP contribution in [0.3, 0.4) is 0 Å². The summed E-state index contributed by atoms with van der Waals surface area (Å²) < 4.78 is 0. The Hall–Kier alpha value is -0.560. The average Bonchev–Trinajstić information content (AvgIpc) is 2.26. The lowest BCUT2D eigenvalue weighted by Crippen LogP contribution is -2.38. The van der Waals surface area contributed by atoms with Crippen molar-refractivity contribution in [3.05, 3.63) is 23.8 Å². The normalized spacial score (nSPS) is 25.4. The molecule has 0 aromatic carbocycles. The van der Waals surface area contributed by atoms with Gasteiger partial charge in [-0.2, -0.15) is 0 Å². The Labute approximate surface area is 94.4 Å². The number of nitrogens with two attached hydrogens (primary N) is 1. The Kier molecular flexibility index (Phi) is 5.10. The van der Waals surface area contributed by atoms with Crippen LogP contribution >= 0.6 is 0 Å². The molecule has 1 nitrogen and oxygen atoms in total. The van der Waals surface area contributed by atoms with E-state index in [0.29, 0.717) is 0 Å². The van der Waals surface area contributed by atoms with E-state index < -0.39 is 0 Å². The Balaban J connectivity index is 2.39. The van der Waals surface area contributed by atoms with Crippen LogP contribution in [0.25, 0.3) is 0 Å². The van der Waals surface area contributed by atoms with Gasteiger partial charge in [0.25, 0.3) is 0 Å². The molecule has 1 unspecified atom stereocenters. The second-order valence-corrected chi connectivity index (χ2v) is 4.76. The van der Waals surface area contributed by atoms with Crippen LogP contribution in [0.4, 0.5) is 0 Å². The number of unbranched alkanes of at least 4 members (excludes halogenated alkanes) is 2. The monoisotopic (exact) mass is 207 g/mol. The highest BCUT2D eigenvalue weighted by molar-refractivity contribution is 5.28. The summed E-state index contributed by atoms with van der Waals surface area (Å²) in [5.74, 6) is 0. The fourth-order valence-electron chi connectivity index (χ4n) is 1.99. The molecular formula is C14H25N. The van der Waals surface area contributed by atoms with Gasteiger partial charge in [0.2, 0.25) is 0 Å². The first-order valence-electron chi connectivity index (χ1n) is 6.37. The number of allylic oxidation sites excluding steroid dienone is 2. The van der Waals surface area contributed by atoms with E-state index >= 15 is 0 Å². The molecule has 0 saturated carbocycles. The maximum Gasteiger partial charge on any atom is 0.0377 e. The van der Waals surface area contributed by atoms with Gasteiger partial charge in [-0.3, -0.25) is 0 Å². The molecule has 1 atom stereocenters. The molecule has 1 aliphatic rings. The molecule has 1 rings (SSSR count). The first kappa shape index (κ1) is 12.5. The van der Waals surface area contributed by atoms with Crippen molar-refractivity contribution in [2.24, 2.45) is 5.73 Å². The van der Waals surface area contributed by atoms with Crippen molar-refractivity contribution >= 4 is 0 Å². The molecule has 1 aliphatic carbocycles. The van der Waals surface area contributed by atoms with Crippen molar-refractivity contribution in [3.63, 3.8) is 0 Å². The van der Waals surface area contributed by atoms with Crippen LogP contribution in [0.1, 0.15) is 58.8 Å². The Morgan fingerprint density at radius 2 is 2.00 bits per heavy atom. The van der Waals surface area contributed by atoms with E-state index in [0.717, 1.165) is 12.8 Å². The molecule has 2 N–H and O–H groups in total. The van der Waals surface area contributed by atoms with Crippen molar-refractivity contribution in [2.45, 2.75) is 64.3 Å². The zero-order valence-electron chi connectivity index (χ0n) is 10.3. The lowest BCUT2D eigenvalue weighted by molar-refractivity contribution is 0.464. The van der Waals surface area contributed by atoms with Gasteiger partial charge >= 0.3 is 0 Å². The molecule has 0 aromatic heterocycles. The van der Waals surface area contributed by atoms with Gasteiger partial charge in [-0.25, -0.2) is 0 Å². The molecule has 86 valence electrons. The fraction of sp³-hybridized carbons (Fsp3) is 0.714. The zero-order valence-corrected chi connectivity index (χ0v) is 10.3. The predicted octanol–water partition coefficient (Wildman–Crippen LogP) is 3.95.